The van der Waals surface area contributed by atoms with E-state index in [1.807, 2.05) is 0 Å². The number of rotatable bonds is 2. The predicted molar refractivity (Wildman–Crippen MR) is 57.0 cm³/mol. The Morgan fingerprint density at radius 2 is 1.69 bits per heavy atom. The average molecular weight is 215 g/mol. The molecule has 0 aliphatic heterocycles. The molecular weight excluding hydrogens is 206 g/mol. The largest absolute Gasteiger partial charge is 0.385 e. The molecule has 0 unspecified atom stereocenters. The minimum Gasteiger partial charge on any atom is -0.385 e. The fourth-order valence-electron chi connectivity index (χ4n) is 1.23. The zero-order chi connectivity index (χ0) is 11.4. The number of benzene rings is 1. The molecule has 0 atom stereocenters. The Morgan fingerprint density at radius 3 is 2.31 bits per heavy atom. The minimum absolute atomic E-state index is 0.254. The van der Waals surface area contributed by atoms with Gasteiger partial charge in [-0.2, -0.15) is 0 Å². The van der Waals surface area contributed by atoms with E-state index in [9.17, 15) is 9.59 Å². The standard InChI is InChI=1S/C12H9NO3/c14-11(9-5-2-1-3-6-9)16-12(15)10-7-4-8-13-10/h1-8,13H. The van der Waals surface area contributed by atoms with Crippen LogP contribution in [0, 0.1) is 0 Å². The highest BCUT2D eigenvalue weighted by Gasteiger charge is 2.14. The number of ether oxygens (including phenoxy) is 1. The molecule has 4 nitrogen and oxygen atoms in total. The highest BCUT2D eigenvalue weighted by atomic mass is 16.6. The van der Waals surface area contributed by atoms with Crippen LogP contribution in [-0.2, 0) is 4.74 Å². The molecule has 0 spiro atoms. The predicted octanol–water partition coefficient (Wildman–Crippen LogP) is 2.01. The number of hydrogen-bond acceptors (Lipinski definition) is 3. The minimum atomic E-state index is -0.682. The van der Waals surface area contributed by atoms with Gasteiger partial charge >= 0.3 is 11.9 Å². The van der Waals surface area contributed by atoms with Crippen LogP contribution in [-0.4, -0.2) is 16.9 Å². The fraction of sp³-hybridized carbons (Fsp3) is 0. The summed E-state index contributed by atoms with van der Waals surface area (Å²) in [6, 6.07) is 11.6. The van der Waals surface area contributed by atoms with Crippen LogP contribution in [0.1, 0.15) is 20.8 Å². The maximum absolute atomic E-state index is 11.5. The SMILES string of the molecule is O=C(OC(=O)c1ccc[nH]1)c1ccccc1. The van der Waals surface area contributed by atoms with Crippen LogP contribution >= 0.6 is 0 Å². The second-order valence-electron chi connectivity index (χ2n) is 3.13. The summed E-state index contributed by atoms with van der Waals surface area (Å²) in [6.45, 7) is 0. The van der Waals surface area contributed by atoms with Crippen LogP contribution in [0.3, 0.4) is 0 Å². The lowest BCUT2D eigenvalue weighted by atomic mass is 10.2. The van der Waals surface area contributed by atoms with Gasteiger partial charge in [-0.1, -0.05) is 18.2 Å². The summed E-state index contributed by atoms with van der Waals surface area (Å²) in [5.74, 6) is -1.33. The number of aromatic amines is 1. The van der Waals surface area contributed by atoms with E-state index in [0.29, 0.717) is 5.56 Å². The summed E-state index contributed by atoms with van der Waals surface area (Å²) in [5, 5.41) is 0. The number of carbonyl (C=O) groups excluding carboxylic acids is 2. The van der Waals surface area contributed by atoms with Crippen molar-refractivity contribution in [1.29, 1.82) is 0 Å². The summed E-state index contributed by atoms with van der Waals surface area (Å²) in [4.78, 5) is 25.6. The molecule has 4 heteroatoms. The molecule has 2 aromatic rings. The van der Waals surface area contributed by atoms with Gasteiger partial charge in [0.05, 0.1) is 5.56 Å². The van der Waals surface area contributed by atoms with Gasteiger partial charge in [-0.05, 0) is 24.3 Å². The smallest absolute Gasteiger partial charge is 0.362 e. The van der Waals surface area contributed by atoms with Crippen molar-refractivity contribution in [2.24, 2.45) is 0 Å². The second kappa shape index (κ2) is 4.44. The lowest BCUT2D eigenvalue weighted by molar-refractivity contribution is 0.0394. The molecule has 16 heavy (non-hydrogen) atoms. The lowest BCUT2D eigenvalue weighted by Gasteiger charge is -2.00. The van der Waals surface area contributed by atoms with E-state index in [0.717, 1.165) is 0 Å². The van der Waals surface area contributed by atoms with Crippen LogP contribution in [0.5, 0.6) is 0 Å². The van der Waals surface area contributed by atoms with E-state index < -0.39 is 11.9 Å². The molecule has 0 aliphatic rings. The Morgan fingerprint density at radius 1 is 0.938 bits per heavy atom. The van der Waals surface area contributed by atoms with Gasteiger partial charge in [0.15, 0.2) is 0 Å². The Labute approximate surface area is 91.9 Å². The third kappa shape index (κ3) is 2.17. The van der Waals surface area contributed by atoms with Gasteiger partial charge in [0.1, 0.15) is 5.69 Å². The third-order valence-electron chi connectivity index (χ3n) is 2.01. The molecule has 1 heterocycles. The first-order valence-electron chi connectivity index (χ1n) is 4.72. The van der Waals surface area contributed by atoms with Gasteiger partial charge in [-0.25, -0.2) is 9.59 Å². The molecular formula is C12H9NO3. The fourth-order valence-corrected chi connectivity index (χ4v) is 1.23. The van der Waals surface area contributed by atoms with Gasteiger partial charge in [-0.3, -0.25) is 0 Å². The van der Waals surface area contributed by atoms with Gasteiger partial charge in [-0.15, -0.1) is 0 Å². The van der Waals surface area contributed by atoms with Gasteiger partial charge in [0.25, 0.3) is 0 Å². The summed E-state index contributed by atoms with van der Waals surface area (Å²) in [7, 11) is 0. The van der Waals surface area contributed by atoms with Crippen LogP contribution in [0.2, 0.25) is 0 Å². The average Bonchev–Trinajstić information content (AvgIpc) is 2.83. The zero-order valence-corrected chi connectivity index (χ0v) is 8.34. The monoisotopic (exact) mass is 215 g/mol. The summed E-state index contributed by atoms with van der Waals surface area (Å²) < 4.78 is 4.67. The lowest BCUT2D eigenvalue weighted by Crippen LogP contribution is -2.12. The molecule has 0 radical (unpaired) electrons. The van der Waals surface area contributed by atoms with Gasteiger partial charge in [0, 0.05) is 6.20 Å². The maximum atomic E-state index is 11.5. The normalized spacial score (nSPS) is 9.75. The van der Waals surface area contributed by atoms with Crippen molar-refractivity contribution in [3.63, 3.8) is 0 Å². The van der Waals surface area contributed by atoms with Crippen molar-refractivity contribution in [1.82, 2.24) is 4.98 Å². The van der Waals surface area contributed by atoms with Crippen molar-refractivity contribution in [2.45, 2.75) is 0 Å². The number of hydrogen-bond donors (Lipinski definition) is 1. The van der Waals surface area contributed by atoms with Crippen molar-refractivity contribution < 1.29 is 14.3 Å². The highest BCUT2D eigenvalue weighted by Crippen LogP contribution is 2.04. The number of aromatic nitrogens is 1. The molecule has 1 aromatic carbocycles. The summed E-state index contributed by atoms with van der Waals surface area (Å²) >= 11 is 0. The molecule has 0 bridgehead atoms. The van der Waals surface area contributed by atoms with Gasteiger partial charge < -0.3 is 9.72 Å². The summed E-state index contributed by atoms with van der Waals surface area (Å²) in [6.07, 6.45) is 1.59. The van der Waals surface area contributed by atoms with E-state index in [-0.39, 0.29) is 5.69 Å². The number of nitrogens with one attached hydrogen (secondary N) is 1. The highest BCUT2D eigenvalue weighted by molar-refractivity contribution is 6.01. The summed E-state index contributed by atoms with van der Waals surface area (Å²) in [5.41, 5.74) is 0.603. The third-order valence-corrected chi connectivity index (χ3v) is 2.01. The first-order valence-corrected chi connectivity index (χ1v) is 4.72. The van der Waals surface area contributed by atoms with Crippen LogP contribution in [0.4, 0.5) is 0 Å². The van der Waals surface area contributed by atoms with E-state index in [1.165, 1.54) is 0 Å². The van der Waals surface area contributed by atoms with Crippen molar-refractivity contribution >= 4 is 11.9 Å². The Hall–Kier alpha value is -2.36. The first-order chi connectivity index (χ1) is 7.77. The van der Waals surface area contributed by atoms with Crippen LogP contribution in [0.25, 0.3) is 0 Å². The number of carbonyl (C=O) groups is 2. The molecule has 1 aromatic heterocycles. The van der Waals surface area contributed by atoms with E-state index >= 15 is 0 Å². The van der Waals surface area contributed by atoms with Gasteiger partial charge in [0.2, 0.25) is 0 Å². The maximum Gasteiger partial charge on any atom is 0.362 e. The molecule has 0 aliphatic carbocycles. The van der Waals surface area contributed by atoms with Crippen LogP contribution in [0.15, 0.2) is 48.7 Å². The van der Waals surface area contributed by atoms with E-state index in [4.69, 9.17) is 0 Å². The van der Waals surface area contributed by atoms with E-state index in [2.05, 4.69) is 9.72 Å². The van der Waals surface area contributed by atoms with Crippen LogP contribution < -0.4 is 0 Å². The second-order valence-corrected chi connectivity index (χ2v) is 3.13. The molecule has 0 amide bonds. The molecule has 0 saturated heterocycles. The van der Waals surface area contributed by atoms with Crippen molar-refractivity contribution in [3.8, 4) is 0 Å². The Bertz CT molecular complexity index is 488. The molecule has 1 N–H and O–H groups in total. The Kier molecular flexibility index (Phi) is 2.82. The number of esters is 2. The molecule has 2 rings (SSSR count). The molecule has 0 fully saturated rings. The Balaban J connectivity index is 2.06. The topological polar surface area (TPSA) is 59.2 Å². The molecule has 0 saturated carbocycles. The van der Waals surface area contributed by atoms with Crippen molar-refractivity contribution in [3.05, 3.63) is 59.9 Å². The molecule has 80 valence electrons. The van der Waals surface area contributed by atoms with Crippen molar-refractivity contribution in [2.75, 3.05) is 0 Å². The quantitative estimate of drug-likeness (QED) is 0.615. The number of H-pyrrole nitrogens is 1. The van der Waals surface area contributed by atoms with E-state index in [1.54, 1.807) is 48.7 Å². The zero-order valence-electron chi connectivity index (χ0n) is 8.34. The first kappa shape index (κ1) is 10.2.